The number of rotatable bonds is 5. The highest BCUT2D eigenvalue weighted by molar-refractivity contribution is 6.31. The third-order valence-corrected chi connectivity index (χ3v) is 5.07. The van der Waals surface area contributed by atoms with Crippen LogP contribution < -0.4 is 10.9 Å². The number of nitrogens with one attached hydrogen (secondary N) is 2. The molecule has 0 radical (unpaired) electrons. The van der Waals surface area contributed by atoms with Crippen molar-refractivity contribution in [1.82, 2.24) is 10.9 Å². The van der Waals surface area contributed by atoms with Crippen molar-refractivity contribution in [3.63, 3.8) is 0 Å². The Morgan fingerprint density at radius 2 is 1.83 bits per heavy atom. The number of hydrazine groups is 1. The van der Waals surface area contributed by atoms with E-state index in [4.69, 9.17) is 20.8 Å². The van der Waals surface area contributed by atoms with Gasteiger partial charge in [-0.2, -0.15) is 0 Å². The second-order valence-electron chi connectivity index (χ2n) is 6.76. The Morgan fingerprint density at radius 3 is 2.50 bits per heavy atom. The number of carbonyl (C=O) groups excluding carboxylic acids is 2. The van der Waals surface area contributed by atoms with Gasteiger partial charge in [0.1, 0.15) is 30.5 Å². The summed E-state index contributed by atoms with van der Waals surface area (Å²) in [6.45, 7) is -0.556. The highest BCUT2D eigenvalue weighted by Crippen LogP contribution is 2.34. The summed E-state index contributed by atoms with van der Waals surface area (Å²) in [7, 11) is 0. The molecule has 0 spiro atoms. The maximum Gasteiger partial charge on any atom is 0.305 e. The molecule has 0 bridgehead atoms. The van der Waals surface area contributed by atoms with Crippen LogP contribution in [0.2, 0.25) is 5.02 Å². The molecule has 1 aromatic heterocycles. The van der Waals surface area contributed by atoms with Crippen LogP contribution in [0.1, 0.15) is 27.8 Å². The van der Waals surface area contributed by atoms with Gasteiger partial charge in [0.15, 0.2) is 5.76 Å². The Hall–Kier alpha value is -2.47. The van der Waals surface area contributed by atoms with Crippen molar-refractivity contribution in [2.24, 2.45) is 0 Å². The van der Waals surface area contributed by atoms with Gasteiger partial charge in [0, 0.05) is 5.02 Å². The van der Waals surface area contributed by atoms with Crippen molar-refractivity contribution in [1.29, 1.82) is 0 Å². The number of carbonyl (C=O) groups is 2. The van der Waals surface area contributed by atoms with Crippen molar-refractivity contribution < 1.29 is 39.2 Å². The summed E-state index contributed by atoms with van der Waals surface area (Å²) in [6, 6.07) is 7.49. The molecular weight excluding hydrogens is 420 g/mol. The molecule has 3 rings (SSSR count). The van der Waals surface area contributed by atoms with Gasteiger partial charge in [0.05, 0.1) is 19.3 Å². The van der Waals surface area contributed by atoms with Gasteiger partial charge in [-0.05, 0) is 29.3 Å². The van der Waals surface area contributed by atoms with E-state index in [-0.39, 0.29) is 17.2 Å². The summed E-state index contributed by atoms with van der Waals surface area (Å²) in [6.07, 6.45) is -5.47. The van der Waals surface area contributed by atoms with E-state index in [0.717, 1.165) is 0 Å². The summed E-state index contributed by atoms with van der Waals surface area (Å²) in [4.78, 5) is 24.0. The zero-order valence-electron chi connectivity index (χ0n) is 15.6. The first-order chi connectivity index (χ1) is 14.3. The molecular formula is C19H21ClN2O8. The van der Waals surface area contributed by atoms with Gasteiger partial charge in [0.25, 0.3) is 0 Å². The Bertz CT molecular complexity index is 889. The van der Waals surface area contributed by atoms with Crippen molar-refractivity contribution >= 4 is 23.4 Å². The number of furan rings is 1. The minimum atomic E-state index is -1.53. The standard InChI is InChI=1S/C19H21ClN2O8/c20-11-4-3-9(18-17(27)16(26)15(25)13(8-23)30-18)6-10(11)7-14(24)21-22-19(28)12-2-1-5-29-12/h1-6,13,15-18,23,25-27H,7-8H2,(H,21,24)(H,22,28)/t13-,15-,16+,17-,18+/m1/s1. The molecule has 1 fully saturated rings. The number of hydrogen-bond donors (Lipinski definition) is 6. The third-order valence-electron chi connectivity index (χ3n) is 4.70. The highest BCUT2D eigenvalue weighted by atomic mass is 35.5. The molecule has 1 aliphatic heterocycles. The lowest BCUT2D eigenvalue weighted by Crippen LogP contribution is -2.55. The maximum atomic E-state index is 12.2. The smallest absolute Gasteiger partial charge is 0.305 e. The van der Waals surface area contributed by atoms with Crippen LogP contribution in [0.5, 0.6) is 0 Å². The predicted octanol–water partition coefficient (Wildman–Crippen LogP) is -0.548. The van der Waals surface area contributed by atoms with E-state index in [2.05, 4.69) is 10.9 Å². The molecule has 11 heteroatoms. The molecule has 10 nitrogen and oxygen atoms in total. The Morgan fingerprint density at radius 1 is 1.07 bits per heavy atom. The first kappa shape index (κ1) is 22.2. The molecule has 30 heavy (non-hydrogen) atoms. The molecule has 1 saturated heterocycles. The second kappa shape index (κ2) is 9.56. The molecule has 0 unspecified atom stereocenters. The maximum absolute atomic E-state index is 12.2. The molecule has 1 aromatic carbocycles. The van der Waals surface area contributed by atoms with E-state index >= 15 is 0 Å². The largest absolute Gasteiger partial charge is 0.459 e. The average Bonchev–Trinajstić information content (AvgIpc) is 3.27. The summed E-state index contributed by atoms with van der Waals surface area (Å²) >= 11 is 6.15. The predicted molar refractivity (Wildman–Crippen MR) is 102 cm³/mol. The van der Waals surface area contributed by atoms with Crippen LogP contribution in [0.3, 0.4) is 0 Å². The molecule has 0 aliphatic carbocycles. The number of amides is 2. The van der Waals surface area contributed by atoms with Crippen LogP contribution in [-0.4, -0.2) is 63.3 Å². The molecule has 1 aliphatic rings. The van der Waals surface area contributed by atoms with Crippen LogP contribution in [0.25, 0.3) is 0 Å². The first-order valence-electron chi connectivity index (χ1n) is 9.03. The average molecular weight is 441 g/mol. The fourth-order valence-electron chi connectivity index (χ4n) is 3.10. The highest BCUT2D eigenvalue weighted by Gasteiger charge is 2.44. The van der Waals surface area contributed by atoms with Crippen LogP contribution in [-0.2, 0) is 16.0 Å². The van der Waals surface area contributed by atoms with E-state index in [0.29, 0.717) is 11.1 Å². The van der Waals surface area contributed by atoms with E-state index < -0.39 is 48.9 Å². The van der Waals surface area contributed by atoms with Gasteiger partial charge in [-0.1, -0.05) is 23.7 Å². The number of aliphatic hydroxyl groups excluding tert-OH is 4. The third kappa shape index (κ3) is 4.81. The summed E-state index contributed by atoms with van der Waals surface area (Å²) < 4.78 is 10.4. The minimum absolute atomic E-state index is 0.0259. The van der Waals surface area contributed by atoms with E-state index in [9.17, 15) is 30.0 Å². The van der Waals surface area contributed by atoms with Crippen LogP contribution in [0, 0.1) is 0 Å². The van der Waals surface area contributed by atoms with Gasteiger partial charge in [-0.15, -0.1) is 0 Å². The van der Waals surface area contributed by atoms with Crippen molar-refractivity contribution in [3.8, 4) is 0 Å². The topological polar surface area (TPSA) is 161 Å². The zero-order valence-corrected chi connectivity index (χ0v) is 16.3. The summed E-state index contributed by atoms with van der Waals surface area (Å²) in [5.41, 5.74) is 5.20. The molecule has 2 heterocycles. The van der Waals surface area contributed by atoms with Gasteiger partial charge >= 0.3 is 5.91 Å². The van der Waals surface area contributed by atoms with Crippen LogP contribution in [0.4, 0.5) is 0 Å². The Labute approximate surface area is 176 Å². The van der Waals surface area contributed by atoms with Gasteiger partial charge in [-0.25, -0.2) is 0 Å². The molecule has 6 N–H and O–H groups in total. The Kier molecular flexibility index (Phi) is 7.08. The summed E-state index contributed by atoms with van der Waals surface area (Å²) in [5, 5.41) is 39.7. The van der Waals surface area contributed by atoms with Gasteiger partial charge < -0.3 is 29.6 Å². The van der Waals surface area contributed by atoms with Gasteiger partial charge in [-0.3, -0.25) is 20.4 Å². The lowest BCUT2D eigenvalue weighted by molar-refractivity contribution is -0.231. The first-order valence-corrected chi connectivity index (χ1v) is 9.41. The molecule has 5 atom stereocenters. The Balaban J connectivity index is 1.69. The molecule has 0 saturated carbocycles. The monoisotopic (exact) mass is 440 g/mol. The van der Waals surface area contributed by atoms with Crippen molar-refractivity contribution in [2.75, 3.05) is 6.61 Å². The van der Waals surface area contributed by atoms with Crippen molar-refractivity contribution in [2.45, 2.75) is 36.9 Å². The summed E-state index contributed by atoms with van der Waals surface area (Å²) in [5.74, 6) is -1.17. The minimum Gasteiger partial charge on any atom is -0.459 e. The molecule has 2 amide bonds. The second-order valence-corrected chi connectivity index (χ2v) is 7.16. The fraction of sp³-hybridized carbons (Fsp3) is 0.368. The lowest BCUT2D eigenvalue weighted by atomic mass is 9.90. The zero-order chi connectivity index (χ0) is 21.8. The number of hydrogen-bond acceptors (Lipinski definition) is 8. The quantitative estimate of drug-likeness (QED) is 0.337. The van der Waals surface area contributed by atoms with E-state index in [1.807, 2.05) is 0 Å². The fourth-order valence-corrected chi connectivity index (χ4v) is 3.28. The van der Waals surface area contributed by atoms with Crippen molar-refractivity contribution in [3.05, 3.63) is 58.5 Å². The van der Waals surface area contributed by atoms with E-state index in [1.165, 1.54) is 36.6 Å². The SMILES string of the molecule is O=C(Cc1cc([C@@H]2O[C@H](CO)[C@@H](O)[C@H](O)[C@H]2O)ccc1Cl)NNC(=O)c1ccco1. The number of halogens is 1. The number of aliphatic hydroxyl groups is 4. The van der Waals surface area contributed by atoms with Gasteiger partial charge in [0.2, 0.25) is 5.91 Å². The number of ether oxygens (including phenoxy) is 1. The lowest BCUT2D eigenvalue weighted by Gasteiger charge is -2.40. The molecule has 162 valence electrons. The van der Waals surface area contributed by atoms with Crippen LogP contribution in [0.15, 0.2) is 41.0 Å². The molecule has 2 aromatic rings. The number of benzene rings is 1. The van der Waals surface area contributed by atoms with E-state index in [1.54, 1.807) is 0 Å². The van der Waals surface area contributed by atoms with Crippen LogP contribution >= 0.6 is 11.6 Å². The normalized spacial score (nSPS) is 26.2.